The maximum Gasteiger partial charge on any atom is 0.408 e. The van der Waals surface area contributed by atoms with E-state index in [0.29, 0.717) is 12.2 Å². The van der Waals surface area contributed by atoms with Gasteiger partial charge in [-0.05, 0) is 29.6 Å². The third-order valence-corrected chi connectivity index (χ3v) is 4.97. The summed E-state index contributed by atoms with van der Waals surface area (Å²) < 4.78 is 5.18. The second kappa shape index (κ2) is 12.5. The maximum absolute atomic E-state index is 12.7. The molecule has 0 heterocycles. The van der Waals surface area contributed by atoms with Crippen LogP contribution < -0.4 is 10.6 Å². The highest BCUT2D eigenvalue weighted by atomic mass is 32.2. The first-order chi connectivity index (χ1) is 14.5. The summed E-state index contributed by atoms with van der Waals surface area (Å²) >= 11 is 1.52. The monoisotopic (exact) mass is 430 g/mol. The number of amides is 2. The second-order valence-corrected chi connectivity index (χ2v) is 7.61. The highest BCUT2D eigenvalue weighted by Crippen LogP contribution is 2.07. The van der Waals surface area contributed by atoms with Crippen LogP contribution in [-0.4, -0.2) is 47.2 Å². The van der Waals surface area contributed by atoms with Crippen molar-refractivity contribution in [3.8, 4) is 0 Å². The van der Waals surface area contributed by atoms with Crippen LogP contribution in [0.3, 0.4) is 0 Å². The zero-order valence-electron chi connectivity index (χ0n) is 16.7. The number of ether oxygens (including phenoxy) is 1. The number of rotatable bonds is 11. The van der Waals surface area contributed by atoms with Gasteiger partial charge < -0.3 is 20.5 Å². The van der Waals surface area contributed by atoms with E-state index in [2.05, 4.69) is 10.6 Å². The Balaban J connectivity index is 1.96. The number of hydrogen-bond donors (Lipinski definition) is 3. The number of nitrogens with one attached hydrogen (secondary N) is 2. The van der Waals surface area contributed by atoms with Crippen molar-refractivity contribution in [2.24, 2.45) is 0 Å². The Morgan fingerprint density at radius 1 is 0.933 bits per heavy atom. The largest absolute Gasteiger partial charge is 0.480 e. The third kappa shape index (κ3) is 8.16. The van der Waals surface area contributed by atoms with Crippen LogP contribution in [0.2, 0.25) is 0 Å². The predicted octanol–water partition coefficient (Wildman–Crippen LogP) is 2.85. The van der Waals surface area contributed by atoms with Gasteiger partial charge in [0.15, 0.2) is 0 Å². The Morgan fingerprint density at radius 3 is 2.10 bits per heavy atom. The zero-order valence-corrected chi connectivity index (χ0v) is 17.6. The molecule has 8 heteroatoms. The number of carbonyl (C=O) groups is 3. The number of carboxylic acids is 1. The Hall–Kier alpha value is -3.00. The summed E-state index contributed by atoms with van der Waals surface area (Å²) in [5.41, 5.74) is 1.62. The van der Waals surface area contributed by atoms with E-state index in [0.717, 1.165) is 11.1 Å². The third-order valence-electron chi connectivity index (χ3n) is 4.33. The molecule has 0 saturated heterocycles. The fourth-order valence-electron chi connectivity index (χ4n) is 2.73. The molecule has 2 amide bonds. The lowest BCUT2D eigenvalue weighted by Crippen LogP contribution is -2.52. The second-order valence-electron chi connectivity index (χ2n) is 6.63. The maximum atomic E-state index is 12.7. The average Bonchev–Trinajstić information content (AvgIpc) is 2.76. The standard InChI is InChI=1S/C22H26N2O5S/c1-30-13-12-18(24-22(28)29-15-17-10-6-3-7-11-17)20(25)23-19(21(26)27)14-16-8-4-2-5-9-16/h2-11,18-19H,12-15H2,1H3,(H,23,25)(H,24,28)(H,26,27)/t18-,19+/m1/s1. The van der Waals surface area contributed by atoms with Gasteiger partial charge in [-0.3, -0.25) is 4.79 Å². The number of thioether (sulfide) groups is 1. The van der Waals surface area contributed by atoms with Crippen molar-refractivity contribution in [1.82, 2.24) is 10.6 Å². The van der Waals surface area contributed by atoms with Crippen LogP contribution in [0.4, 0.5) is 4.79 Å². The lowest BCUT2D eigenvalue weighted by atomic mass is 10.1. The summed E-state index contributed by atoms with van der Waals surface area (Å²) in [6, 6.07) is 16.2. The van der Waals surface area contributed by atoms with E-state index in [4.69, 9.17) is 4.74 Å². The number of aliphatic carboxylic acids is 1. The summed E-state index contributed by atoms with van der Waals surface area (Å²) in [4.78, 5) is 36.5. The first-order valence-electron chi connectivity index (χ1n) is 9.53. The van der Waals surface area contributed by atoms with Gasteiger partial charge in [-0.2, -0.15) is 11.8 Å². The van der Waals surface area contributed by atoms with Gasteiger partial charge in [-0.15, -0.1) is 0 Å². The predicted molar refractivity (Wildman–Crippen MR) is 116 cm³/mol. The van der Waals surface area contributed by atoms with Crippen molar-refractivity contribution >= 4 is 29.7 Å². The molecule has 0 aromatic heterocycles. The van der Waals surface area contributed by atoms with Crippen LogP contribution in [0.25, 0.3) is 0 Å². The molecule has 2 aromatic carbocycles. The number of alkyl carbamates (subject to hydrolysis) is 1. The quantitative estimate of drug-likeness (QED) is 0.506. The Morgan fingerprint density at radius 2 is 1.53 bits per heavy atom. The number of carboxylic acid groups (broad SMARTS) is 1. The van der Waals surface area contributed by atoms with Gasteiger partial charge in [0.1, 0.15) is 18.7 Å². The van der Waals surface area contributed by atoms with Crippen molar-refractivity contribution < 1.29 is 24.2 Å². The molecule has 2 atom stereocenters. The van der Waals surface area contributed by atoms with E-state index < -0.39 is 30.1 Å². The highest BCUT2D eigenvalue weighted by Gasteiger charge is 2.27. The van der Waals surface area contributed by atoms with E-state index in [1.165, 1.54) is 11.8 Å². The topological polar surface area (TPSA) is 105 Å². The van der Waals surface area contributed by atoms with Gasteiger partial charge in [0.2, 0.25) is 5.91 Å². The molecule has 0 aliphatic rings. The molecule has 0 aliphatic heterocycles. The van der Waals surface area contributed by atoms with Gasteiger partial charge in [0.25, 0.3) is 0 Å². The van der Waals surface area contributed by atoms with E-state index in [1.54, 1.807) is 12.1 Å². The summed E-state index contributed by atoms with van der Waals surface area (Å²) in [6.45, 7) is 0.0787. The van der Waals surface area contributed by atoms with Gasteiger partial charge in [0.05, 0.1) is 0 Å². The zero-order chi connectivity index (χ0) is 21.8. The fourth-order valence-corrected chi connectivity index (χ4v) is 3.21. The van der Waals surface area contributed by atoms with E-state index in [-0.39, 0.29) is 13.0 Å². The van der Waals surface area contributed by atoms with Crippen LogP contribution in [0.15, 0.2) is 60.7 Å². The molecule has 0 spiro atoms. The average molecular weight is 431 g/mol. The summed E-state index contributed by atoms with van der Waals surface area (Å²) in [5.74, 6) is -1.07. The summed E-state index contributed by atoms with van der Waals surface area (Å²) in [7, 11) is 0. The summed E-state index contributed by atoms with van der Waals surface area (Å²) in [5, 5.41) is 14.6. The molecule has 0 radical (unpaired) electrons. The van der Waals surface area contributed by atoms with Gasteiger partial charge in [0, 0.05) is 6.42 Å². The van der Waals surface area contributed by atoms with Crippen LogP contribution in [0.1, 0.15) is 17.5 Å². The number of hydrogen-bond acceptors (Lipinski definition) is 5. The molecule has 2 aromatic rings. The smallest absolute Gasteiger partial charge is 0.408 e. The molecule has 0 unspecified atom stereocenters. The molecule has 3 N–H and O–H groups in total. The molecule has 0 fully saturated rings. The Kier molecular flexibility index (Phi) is 9.73. The van der Waals surface area contributed by atoms with E-state index in [1.807, 2.05) is 54.8 Å². The van der Waals surface area contributed by atoms with Crippen molar-refractivity contribution in [1.29, 1.82) is 0 Å². The minimum atomic E-state index is -1.14. The van der Waals surface area contributed by atoms with Crippen molar-refractivity contribution in [3.05, 3.63) is 71.8 Å². The molecule has 2 rings (SSSR count). The van der Waals surface area contributed by atoms with E-state index in [9.17, 15) is 19.5 Å². The first-order valence-corrected chi connectivity index (χ1v) is 10.9. The van der Waals surface area contributed by atoms with Crippen LogP contribution in [0.5, 0.6) is 0 Å². The van der Waals surface area contributed by atoms with Gasteiger partial charge in [-0.1, -0.05) is 60.7 Å². The van der Waals surface area contributed by atoms with Crippen molar-refractivity contribution in [2.45, 2.75) is 31.5 Å². The SMILES string of the molecule is CSCC[C@@H](NC(=O)OCc1ccccc1)C(=O)N[C@@H](Cc1ccccc1)C(=O)O. The molecule has 0 bridgehead atoms. The van der Waals surface area contributed by atoms with Gasteiger partial charge in [-0.25, -0.2) is 9.59 Å². The normalized spacial score (nSPS) is 12.4. The van der Waals surface area contributed by atoms with Crippen LogP contribution in [0, 0.1) is 0 Å². The Bertz CT molecular complexity index is 817. The number of carbonyl (C=O) groups excluding carboxylic acids is 2. The molecular weight excluding hydrogens is 404 g/mol. The Labute approximate surface area is 180 Å². The van der Waals surface area contributed by atoms with Crippen molar-refractivity contribution in [3.63, 3.8) is 0 Å². The molecule has 160 valence electrons. The van der Waals surface area contributed by atoms with Crippen LogP contribution >= 0.6 is 11.8 Å². The van der Waals surface area contributed by atoms with Gasteiger partial charge >= 0.3 is 12.1 Å². The van der Waals surface area contributed by atoms with Crippen molar-refractivity contribution in [2.75, 3.05) is 12.0 Å². The lowest BCUT2D eigenvalue weighted by molar-refractivity contribution is -0.142. The molecule has 0 saturated carbocycles. The minimum absolute atomic E-state index is 0.0787. The van der Waals surface area contributed by atoms with Crippen LogP contribution in [-0.2, 0) is 27.4 Å². The molecular formula is C22H26N2O5S. The molecule has 0 aliphatic carbocycles. The minimum Gasteiger partial charge on any atom is -0.480 e. The molecule has 30 heavy (non-hydrogen) atoms. The first kappa shape index (κ1) is 23.3. The molecule has 7 nitrogen and oxygen atoms in total. The lowest BCUT2D eigenvalue weighted by Gasteiger charge is -2.21. The summed E-state index contributed by atoms with van der Waals surface area (Å²) in [6.07, 6.45) is 1.66. The van der Waals surface area contributed by atoms with E-state index >= 15 is 0 Å². The fraction of sp³-hybridized carbons (Fsp3) is 0.318. The number of benzene rings is 2. The highest BCUT2D eigenvalue weighted by molar-refractivity contribution is 7.98.